The number of ether oxygens (including phenoxy) is 1. The molecule has 0 radical (unpaired) electrons. The van der Waals surface area contributed by atoms with Gasteiger partial charge in [-0.2, -0.15) is 13.2 Å². The van der Waals surface area contributed by atoms with Crippen molar-refractivity contribution < 1.29 is 27.8 Å². The third-order valence-corrected chi connectivity index (χ3v) is 3.04. The van der Waals surface area contributed by atoms with Gasteiger partial charge in [-0.15, -0.1) is 0 Å². The van der Waals surface area contributed by atoms with Crippen LogP contribution in [0, 0.1) is 0 Å². The van der Waals surface area contributed by atoms with E-state index in [-0.39, 0.29) is 12.3 Å². The number of nitrogens with zero attached hydrogens (tertiary/aromatic N) is 1. The van der Waals surface area contributed by atoms with E-state index in [2.05, 4.69) is 10.3 Å². The summed E-state index contributed by atoms with van der Waals surface area (Å²) in [6.07, 6.45) is -3.57. The van der Waals surface area contributed by atoms with E-state index in [1.165, 1.54) is 25.3 Å². The Hall–Kier alpha value is -2.61. The number of aliphatic hydroxyl groups excluding tert-OH is 1. The molecule has 5 nitrogen and oxygen atoms in total. The van der Waals surface area contributed by atoms with Crippen LogP contribution in [0.25, 0.3) is 0 Å². The zero-order valence-corrected chi connectivity index (χ0v) is 12.0. The lowest BCUT2D eigenvalue weighted by Gasteiger charge is -2.13. The van der Waals surface area contributed by atoms with Crippen molar-refractivity contribution in [1.82, 2.24) is 4.98 Å². The van der Waals surface area contributed by atoms with Gasteiger partial charge in [0.25, 0.3) is 5.91 Å². The average molecular weight is 326 g/mol. The van der Waals surface area contributed by atoms with Gasteiger partial charge in [-0.1, -0.05) is 0 Å². The molecule has 0 aliphatic rings. The largest absolute Gasteiger partial charge is 0.496 e. The number of hydrogen-bond donors (Lipinski definition) is 2. The number of hydrogen-bond acceptors (Lipinski definition) is 4. The summed E-state index contributed by atoms with van der Waals surface area (Å²) in [7, 11) is 1.41. The summed E-state index contributed by atoms with van der Waals surface area (Å²) in [5.74, 6) is -0.591. The lowest BCUT2D eigenvalue weighted by atomic mass is 10.1. The van der Waals surface area contributed by atoms with Gasteiger partial charge in [-0.05, 0) is 30.3 Å². The molecule has 122 valence electrons. The number of pyridine rings is 1. The van der Waals surface area contributed by atoms with Crippen molar-refractivity contribution in [3.63, 3.8) is 0 Å². The Morgan fingerprint density at radius 1 is 1.35 bits per heavy atom. The Morgan fingerprint density at radius 2 is 2.09 bits per heavy atom. The van der Waals surface area contributed by atoms with Crippen LogP contribution in [0.15, 0.2) is 36.5 Å². The molecule has 0 saturated heterocycles. The average Bonchev–Trinajstić information content (AvgIpc) is 2.53. The van der Waals surface area contributed by atoms with Crippen LogP contribution in [-0.2, 0) is 12.8 Å². The van der Waals surface area contributed by atoms with Crippen LogP contribution in [-0.4, -0.2) is 23.1 Å². The number of carbonyl (C=O) groups is 1. The highest BCUT2D eigenvalue weighted by molar-refractivity contribution is 6.04. The highest BCUT2D eigenvalue weighted by Gasteiger charge is 2.35. The van der Waals surface area contributed by atoms with Crippen molar-refractivity contribution >= 4 is 11.6 Å². The molecule has 2 rings (SSSR count). The van der Waals surface area contributed by atoms with Crippen LogP contribution in [0.4, 0.5) is 18.9 Å². The fourth-order valence-electron chi connectivity index (χ4n) is 1.99. The minimum absolute atomic E-state index is 0.221. The quantitative estimate of drug-likeness (QED) is 0.906. The predicted molar refractivity (Wildman–Crippen MR) is 76.1 cm³/mol. The molecule has 0 bridgehead atoms. The van der Waals surface area contributed by atoms with Gasteiger partial charge < -0.3 is 15.2 Å². The maximum absolute atomic E-state index is 12.9. The van der Waals surface area contributed by atoms with Gasteiger partial charge in [0.05, 0.1) is 19.3 Å². The molecule has 0 unspecified atom stereocenters. The normalized spacial score (nSPS) is 11.2. The molecule has 0 aliphatic heterocycles. The second-order valence-electron chi connectivity index (χ2n) is 4.54. The summed E-state index contributed by atoms with van der Waals surface area (Å²) < 4.78 is 43.7. The number of halogens is 3. The summed E-state index contributed by atoms with van der Waals surface area (Å²) in [5.41, 5.74) is -1.23. The minimum Gasteiger partial charge on any atom is -0.496 e. The number of aromatic nitrogens is 1. The zero-order valence-electron chi connectivity index (χ0n) is 12.0. The van der Waals surface area contributed by atoms with Crippen molar-refractivity contribution in [1.29, 1.82) is 0 Å². The molecule has 1 aromatic heterocycles. The lowest BCUT2D eigenvalue weighted by molar-refractivity contribution is -0.138. The van der Waals surface area contributed by atoms with Crippen molar-refractivity contribution in [3.05, 3.63) is 53.3 Å². The number of carbonyl (C=O) groups excluding carboxylic acids is 1. The summed E-state index contributed by atoms with van der Waals surface area (Å²) >= 11 is 0. The highest BCUT2D eigenvalue weighted by atomic mass is 19.4. The van der Waals surface area contributed by atoms with E-state index < -0.39 is 23.3 Å². The Bertz CT molecular complexity index is 717. The van der Waals surface area contributed by atoms with Gasteiger partial charge in [0, 0.05) is 17.4 Å². The number of benzene rings is 1. The first-order valence-corrected chi connectivity index (χ1v) is 6.48. The molecular formula is C15H13F3N2O3. The van der Waals surface area contributed by atoms with Crippen LogP contribution >= 0.6 is 0 Å². The second-order valence-corrected chi connectivity index (χ2v) is 4.54. The summed E-state index contributed by atoms with van der Waals surface area (Å²) in [4.78, 5) is 15.6. The molecule has 0 fully saturated rings. The molecule has 8 heteroatoms. The molecule has 2 N–H and O–H groups in total. The molecule has 2 aromatic rings. The summed E-state index contributed by atoms with van der Waals surface area (Å²) in [5, 5.41) is 11.6. The Kier molecular flexibility index (Phi) is 4.85. The van der Waals surface area contributed by atoms with Crippen molar-refractivity contribution in [3.8, 4) is 5.75 Å². The molecule has 0 spiro atoms. The van der Waals surface area contributed by atoms with Crippen LogP contribution < -0.4 is 10.1 Å². The second kappa shape index (κ2) is 6.66. The van der Waals surface area contributed by atoms with Gasteiger partial charge in [0.15, 0.2) is 0 Å². The monoisotopic (exact) mass is 326 g/mol. The molecule has 1 amide bonds. The number of nitrogens with one attached hydrogen (secondary N) is 1. The molecule has 0 saturated carbocycles. The van der Waals surface area contributed by atoms with E-state index in [1.807, 2.05) is 0 Å². The third-order valence-electron chi connectivity index (χ3n) is 3.04. The first kappa shape index (κ1) is 16.8. The number of methoxy groups -OCH3 is 1. The summed E-state index contributed by atoms with van der Waals surface area (Å²) in [6.45, 7) is -0.343. The van der Waals surface area contributed by atoms with E-state index in [9.17, 15) is 23.1 Å². The predicted octanol–water partition coefficient (Wildman–Crippen LogP) is 2.85. The standard InChI is InChI=1S/C15H13F3N2O3/c1-23-12-5-4-10(7-9(12)8-21)20-14(22)13-11(15(16,17)18)3-2-6-19-13/h2-7,21H,8H2,1H3,(H,20,22). The number of amides is 1. The molecule has 1 aromatic carbocycles. The fraction of sp³-hybridized carbons (Fsp3) is 0.200. The van der Waals surface area contributed by atoms with Crippen LogP contribution in [0.2, 0.25) is 0 Å². The van der Waals surface area contributed by atoms with E-state index in [1.54, 1.807) is 0 Å². The maximum Gasteiger partial charge on any atom is 0.418 e. The minimum atomic E-state index is -4.68. The topological polar surface area (TPSA) is 71.5 Å². The van der Waals surface area contributed by atoms with Gasteiger partial charge >= 0.3 is 6.18 Å². The van der Waals surface area contributed by atoms with Crippen LogP contribution in [0.3, 0.4) is 0 Å². The third kappa shape index (κ3) is 3.78. The number of rotatable bonds is 4. The first-order valence-electron chi connectivity index (χ1n) is 6.48. The van der Waals surface area contributed by atoms with Crippen molar-refractivity contribution in [2.45, 2.75) is 12.8 Å². The SMILES string of the molecule is COc1ccc(NC(=O)c2ncccc2C(F)(F)F)cc1CO. The van der Waals surface area contributed by atoms with E-state index in [4.69, 9.17) is 4.74 Å². The van der Waals surface area contributed by atoms with Gasteiger partial charge in [0.1, 0.15) is 11.4 Å². The Morgan fingerprint density at radius 3 is 2.70 bits per heavy atom. The smallest absolute Gasteiger partial charge is 0.418 e. The van der Waals surface area contributed by atoms with Crippen molar-refractivity contribution in [2.75, 3.05) is 12.4 Å². The maximum atomic E-state index is 12.9. The first-order chi connectivity index (χ1) is 10.9. The number of aliphatic hydroxyl groups is 1. The molecule has 1 heterocycles. The molecule has 0 aliphatic carbocycles. The number of alkyl halides is 3. The van der Waals surface area contributed by atoms with Crippen LogP contribution in [0.1, 0.15) is 21.6 Å². The summed E-state index contributed by atoms with van der Waals surface area (Å²) in [6, 6.07) is 6.25. The number of anilines is 1. The fourth-order valence-corrected chi connectivity index (χ4v) is 1.99. The van der Waals surface area contributed by atoms with Crippen LogP contribution in [0.5, 0.6) is 5.75 Å². The Labute approximate surface area is 129 Å². The molecule has 0 atom stereocenters. The van der Waals surface area contributed by atoms with Gasteiger partial charge in [-0.25, -0.2) is 0 Å². The highest BCUT2D eigenvalue weighted by Crippen LogP contribution is 2.31. The van der Waals surface area contributed by atoms with E-state index in [0.29, 0.717) is 11.3 Å². The molecule has 23 heavy (non-hydrogen) atoms. The van der Waals surface area contributed by atoms with Gasteiger partial charge in [0.2, 0.25) is 0 Å². The van der Waals surface area contributed by atoms with E-state index in [0.717, 1.165) is 18.3 Å². The Balaban J connectivity index is 2.30. The molecular weight excluding hydrogens is 313 g/mol. The van der Waals surface area contributed by atoms with E-state index >= 15 is 0 Å². The van der Waals surface area contributed by atoms with Gasteiger partial charge in [-0.3, -0.25) is 9.78 Å². The van der Waals surface area contributed by atoms with Crippen molar-refractivity contribution in [2.24, 2.45) is 0 Å². The zero-order chi connectivity index (χ0) is 17.0. The lowest BCUT2D eigenvalue weighted by Crippen LogP contribution is -2.20.